The fourth-order valence-corrected chi connectivity index (χ4v) is 1.56. The van der Waals surface area contributed by atoms with E-state index in [2.05, 4.69) is 0 Å². The van der Waals surface area contributed by atoms with E-state index < -0.39 is 4.92 Å². The first kappa shape index (κ1) is 11.9. The second-order valence-electron chi connectivity index (χ2n) is 3.81. The molecule has 90 valence electrons. The van der Waals surface area contributed by atoms with Gasteiger partial charge >= 0.3 is 0 Å². The summed E-state index contributed by atoms with van der Waals surface area (Å²) < 4.78 is 0. The van der Waals surface area contributed by atoms with Crippen molar-refractivity contribution in [2.75, 3.05) is 5.73 Å². The summed E-state index contributed by atoms with van der Waals surface area (Å²) in [5.41, 5.74) is 8.42. The van der Waals surface area contributed by atoms with Crippen molar-refractivity contribution < 1.29 is 4.92 Å². The number of nitro benzene ring substituents is 1. The van der Waals surface area contributed by atoms with Crippen molar-refractivity contribution in [3.8, 4) is 0 Å². The van der Waals surface area contributed by atoms with Crippen LogP contribution < -0.4 is 5.73 Å². The van der Waals surface area contributed by atoms with Gasteiger partial charge in [0.2, 0.25) is 0 Å². The van der Waals surface area contributed by atoms with Crippen LogP contribution in [0.5, 0.6) is 0 Å². The first-order chi connectivity index (χ1) is 8.66. The maximum atomic E-state index is 10.5. The third kappa shape index (κ3) is 2.74. The largest absolute Gasteiger partial charge is 0.398 e. The summed E-state index contributed by atoms with van der Waals surface area (Å²) in [6, 6.07) is 13.9. The molecule has 0 saturated carbocycles. The number of hydrogen-bond acceptors (Lipinski definition) is 3. The molecule has 0 fully saturated rings. The second-order valence-corrected chi connectivity index (χ2v) is 3.81. The molecule has 0 saturated heterocycles. The lowest BCUT2D eigenvalue weighted by atomic mass is 10.1. The Kier molecular flexibility index (Phi) is 3.38. The predicted molar refractivity (Wildman–Crippen MR) is 72.9 cm³/mol. The summed E-state index contributed by atoms with van der Waals surface area (Å²) in [7, 11) is 0. The van der Waals surface area contributed by atoms with E-state index in [-0.39, 0.29) is 5.69 Å². The Balaban J connectivity index is 2.19. The summed E-state index contributed by atoms with van der Waals surface area (Å²) in [6.45, 7) is 0. The SMILES string of the molecule is Nc1ccccc1C=Cc1ccc([N+](=O)[O-])cc1. The molecule has 0 aliphatic rings. The van der Waals surface area contributed by atoms with Crippen LogP contribution in [0.25, 0.3) is 12.2 Å². The number of para-hydroxylation sites is 1. The Morgan fingerprint density at radius 3 is 2.28 bits per heavy atom. The molecule has 0 atom stereocenters. The van der Waals surface area contributed by atoms with Gasteiger partial charge in [-0.1, -0.05) is 30.4 Å². The van der Waals surface area contributed by atoms with E-state index in [0.29, 0.717) is 5.69 Å². The van der Waals surface area contributed by atoms with Crippen molar-refractivity contribution in [3.63, 3.8) is 0 Å². The fourth-order valence-electron chi connectivity index (χ4n) is 1.56. The number of anilines is 1. The maximum Gasteiger partial charge on any atom is 0.269 e. The molecule has 0 radical (unpaired) electrons. The van der Waals surface area contributed by atoms with Crippen molar-refractivity contribution in [1.29, 1.82) is 0 Å². The lowest BCUT2D eigenvalue weighted by Gasteiger charge is -1.98. The monoisotopic (exact) mass is 240 g/mol. The van der Waals surface area contributed by atoms with Gasteiger partial charge in [-0.2, -0.15) is 0 Å². The lowest BCUT2D eigenvalue weighted by Crippen LogP contribution is -1.88. The standard InChI is InChI=1S/C14H12N2O2/c15-14-4-2-1-3-12(14)8-5-11-6-9-13(10-7-11)16(17)18/h1-10H,15H2. The van der Waals surface area contributed by atoms with E-state index in [1.54, 1.807) is 12.1 Å². The molecule has 2 N–H and O–H groups in total. The first-order valence-electron chi connectivity index (χ1n) is 5.44. The highest BCUT2D eigenvalue weighted by Gasteiger charge is 2.02. The average Bonchev–Trinajstić information content (AvgIpc) is 2.38. The van der Waals surface area contributed by atoms with Gasteiger partial charge < -0.3 is 5.73 Å². The van der Waals surface area contributed by atoms with Gasteiger partial charge in [0.15, 0.2) is 0 Å². The first-order valence-corrected chi connectivity index (χ1v) is 5.44. The van der Waals surface area contributed by atoms with Gasteiger partial charge in [-0.05, 0) is 29.3 Å². The molecule has 0 heterocycles. The van der Waals surface area contributed by atoms with E-state index in [0.717, 1.165) is 11.1 Å². The van der Waals surface area contributed by atoms with E-state index in [1.807, 2.05) is 36.4 Å². The Morgan fingerprint density at radius 2 is 1.67 bits per heavy atom. The highest BCUT2D eigenvalue weighted by Crippen LogP contribution is 2.16. The summed E-state index contributed by atoms with van der Waals surface area (Å²) in [4.78, 5) is 10.1. The molecule has 2 aromatic rings. The highest BCUT2D eigenvalue weighted by molar-refractivity contribution is 5.75. The van der Waals surface area contributed by atoms with Crippen LogP contribution in [0.1, 0.15) is 11.1 Å². The van der Waals surface area contributed by atoms with E-state index in [4.69, 9.17) is 5.73 Å². The fraction of sp³-hybridized carbons (Fsp3) is 0. The van der Waals surface area contributed by atoms with Gasteiger partial charge in [-0.25, -0.2) is 0 Å². The van der Waals surface area contributed by atoms with Crippen LogP contribution in [0.2, 0.25) is 0 Å². The molecule has 0 aromatic heterocycles. The van der Waals surface area contributed by atoms with Crippen molar-refractivity contribution in [1.82, 2.24) is 0 Å². The molecule has 2 rings (SSSR count). The number of non-ortho nitro benzene ring substituents is 1. The molecule has 0 spiro atoms. The molecule has 0 amide bonds. The third-order valence-electron chi connectivity index (χ3n) is 2.56. The zero-order valence-corrected chi connectivity index (χ0v) is 9.61. The molecule has 0 unspecified atom stereocenters. The summed E-state index contributed by atoms with van der Waals surface area (Å²) >= 11 is 0. The molecular formula is C14H12N2O2. The summed E-state index contributed by atoms with van der Waals surface area (Å²) in [5, 5.41) is 10.5. The van der Waals surface area contributed by atoms with Crippen LogP contribution >= 0.6 is 0 Å². The summed E-state index contributed by atoms with van der Waals surface area (Å²) in [6.07, 6.45) is 3.76. The van der Waals surface area contributed by atoms with Crippen LogP contribution in [0.4, 0.5) is 11.4 Å². The third-order valence-corrected chi connectivity index (χ3v) is 2.56. The topological polar surface area (TPSA) is 69.2 Å². The van der Waals surface area contributed by atoms with E-state index in [1.165, 1.54) is 12.1 Å². The van der Waals surface area contributed by atoms with Crippen LogP contribution in [-0.4, -0.2) is 4.92 Å². The van der Waals surface area contributed by atoms with Gasteiger partial charge in [-0.15, -0.1) is 0 Å². The minimum absolute atomic E-state index is 0.0892. The van der Waals surface area contributed by atoms with Crippen LogP contribution in [0.15, 0.2) is 48.5 Å². The van der Waals surface area contributed by atoms with Crippen molar-refractivity contribution in [2.24, 2.45) is 0 Å². The molecule has 2 aromatic carbocycles. The number of benzene rings is 2. The molecule has 4 heteroatoms. The normalized spacial score (nSPS) is 10.7. The number of nitrogens with zero attached hydrogens (tertiary/aromatic N) is 1. The minimum atomic E-state index is -0.414. The van der Waals surface area contributed by atoms with Crippen LogP contribution in [0.3, 0.4) is 0 Å². The summed E-state index contributed by atoms with van der Waals surface area (Å²) in [5.74, 6) is 0. The minimum Gasteiger partial charge on any atom is -0.398 e. The smallest absolute Gasteiger partial charge is 0.269 e. The van der Waals surface area contributed by atoms with Gasteiger partial charge in [0.25, 0.3) is 5.69 Å². The van der Waals surface area contributed by atoms with Gasteiger partial charge in [0, 0.05) is 17.8 Å². The van der Waals surface area contributed by atoms with E-state index >= 15 is 0 Å². The quantitative estimate of drug-likeness (QED) is 0.387. The maximum absolute atomic E-state index is 10.5. The zero-order chi connectivity index (χ0) is 13.0. The number of hydrogen-bond donors (Lipinski definition) is 1. The molecular weight excluding hydrogens is 228 g/mol. The van der Waals surface area contributed by atoms with Crippen molar-refractivity contribution in [2.45, 2.75) is 0 Å². The Bertz CT molecular complexity index is 589. The number of nitro groups is 1. The molecule has 0 aliphatic heterocycles. The Morgan fingerprint density at radius 1 is 1.00 bits per heavy atom. The van der Waals surface area contributed by atoms with Crippen molar-refractivity contribution >= 4 is 23.5 Å². The lowest BCUT2D eigenvalue weighted by molar-refractivity contribution is -0.384. The highest BCUT2D eigenvalue weighted by atomic mass is 16.6. The molecule has 0 aliphatic carbocycles. The average molecular weight is 240 g/mol. The van der Waals surface area contributed by atoms with Gasteiger partial charge in [0.05, 0.1) is 4.92 Å². The number of rotatable bonds is 3. The molecule has 4 nitrogen and oxygen atoms in total. The van der Waals surface area contributed by atoms with Crippen LogP contribution in [-0.2, 0) is 0 Å². The number of nitrogen functional groups attached to an aromatic ring is 1. The zero-order valence-electron chi connectivity index (χ0n) is 9.61. The Labute approximate surface area is 105 Å². The van der Waals surface area contributed by atoms with Crippen LogP contribution in [0, 0.1) is 10.1 Å². The van der Waals surface area contributed by atoms with E-state index in [9.17, 15) is 10.1 Å². The van der Waals surface area contributed by atoms with Gasteiger partial charge in [-0.3, -0.25) is 10.1 Å². The number of nitrogens with two attached hydrogens (primary N) is 1. The second kappa shape index (κ2) is 5.14. The molecule has 0 bridgehead atoms. The molecule has 18 heavy (non-hydrogen) atoms. The van der Waals surface area contributed by atoms with Gasteiger partial charge in [0.1, 0.15) is 0 Å². The Hall–Kier alpha value is -2.62. The predicted octanol–water partition coefficient (Wildman–Crippen LogP) is 3.35. The van der Waals surface area contributed by atoms with Crippen molar-refractivity contribution in [3.05, 3.63) is 69.8 Å².